The summed E-state index contributed by atoms with van der Waals surface area (Å²) in [5.74, 6) is -6.61. The van der Waals surface area contributed by atoms with Gasteiger partial charge in [-0.2, -0.15) is 0 Å². The normalized spacial score (nSPS) is 29.2. The van der Waals surface area contributed by atoms with Crippen LogP contribution in [-0.2, 0) is 32.0 Å². The molecule has 8 nitrogen and oxygen atoms in total. The fourth-order valence-electron chi connectivity index (χ4n) is 5.93. The van der Waals surface area contributed by atoms with E-state index in [1.54, 1.807) is 81.4 Å². The molecule has 2 aliphatic carbocycles. The van der Waals surface area contributed by atoms with Crippen molar-refractivity contribution in [3.8, 4) is 0 Å². The highest BCUT2D eigenvalue weighted by atomic mass is 16.6. The van der Waals surface area contributed by atoms with Gasteiger partial charge < -0.3 is 20.3 Å². The number of amides is 1. The molecule has 8 heteroatoms. The van der Waals surface area contributed by atoms with Gasteiger partial charge in [-0.05, 0) is 44.7 Å². The van der Waals surface area contributed by atoms with Crippen LogP contribution in [0.2, 0.25) is 0 Å². The Kier molecular flexibility index (Phi) is 5.95. The second kappa shape index (κ2) is 8.52. The highest BCUT2D eigenvalue weighted by Crippen LogP contribution is 2.74. The Bertz CT molecular complexity index is 1160. The number of ketones is 1. The lowest BCUT2D eigenvalue weighted by atomic mass is 9.68. The van der Waals surface area contributed by atoms with Gasteiger partial charge in [0.15, 0.2) is 5.54 Å². The third kappa shape index (κ3) is 3.96. The van der Waals surface area contributed by atoms with Crippen molar-refractivity contribution in [3.63, 3.8) is 0 Å². The highest BCUT2D eigenvalue weighted by Gasteiger charge is 2.89. The van der Waals surface area contributed by atoms with Crippen molar-refractivity contribution in [2.24, 2.45) is 23.2 Å². The number of fused-ring (bicyclic) bond motifs is 1. The molecule has 0 heterocycles. The summed E-state index contributed by atoms with van der Waals surface area (Å²) in [6, 6.07) is 17.8. The molecule has 1 unspecified atom stereocenters. The number of carboxylic acids is 2. The predicted octanol–water partition coefficient (Wildman–Crippen LogP) is 3.34. The number of Topliss-reactive ketones (excluding diaryl/α,β-unsaturated/α-hetero) is 1. The molecule has 0 bridgehead atoms. The molecule has 2 aromatic carbocycles. The van der Waals surface area contributed by atoms with Gasteiger partial charge in [-0.15, -0.1) is 0 Å². The molecule has 2 saturated carbocycles. The van der Waals surface area contributed by atoms with Gasteiger partial charge >= 0.3 is 18.0 Å². The smallest absolute Gasteiger partial charge is 0.408 e. The number of hydrogen-bond donors (Lipinski definition) is 3. The molecule has 0 aliphatic heterocycles. The van der Waals surface area contributed by atoms with E-state index >= 15 is 0 Å². The zero-order valence-electron chi connectivity index (χ0n) is 19.9. The van der Waals surface area contributed by atoms with Gasteiger partial charge in [0.05, 0.1) is 11.8 Å². The average Bonchev–Trinajstić information content (AvgIpc) is 3.40. The Labute approximate surface area is 203 Å². The number of ether oxygens (including phenoxy) is 1. The molecule has 35 heavy (non-hydrogen) atoms. The molecule has 2 aliphatic rings. The van der Waals surface area contributed by atoms with Crippen LogP contribution in [0.1, 0.15) is 31.9 Å². The SMILES string of the molecule is CC(C)(C)OC(=O)N[C@@]1(C(=O)O)C(Cc2ccccc2)C(=O)[C@@H]2[C@@H](C(=O)O)[C@]21Cc1ccccc1. The Morgan fingerprint density at radius 2 is 1.49 bits per heavy atom. The third-order valence-electron chi connectivity index (χ3n) is 7.16. The van der Waals surface area contributed by atoms with Crippen LogP contribution in [0.15, 0.2) is 60.7 Å². The summed E-state index contributed by atoms with van der Waals surface area (Å²) in [7, 11) is 0. The van der Waals surface area contributed by atoms with Crippen LogP contribution >= 0.6 is 0 Å². The average molecular weight is 480 g/mol. The number of carboxylic acid groups (broad SMARTS) is 2. The molecule has 0 aromatic heterocycles. The van der Waals surface area contributed by atoms with Crippen LogP contribution in [0.25, 0.3) is 0 Å². The quantitative estimate of drug-likeness (QED) is 0.555. The molecule has 5 atom stereocenters. The van der Waals surface area contributed by atoms with Gasteiger partial charge in [-0.3, -0.25) is 9.59 Å². The maximum atomic E-state index is 13.7. The van der Waals surface area contributed by atoms with E-state index in [2.05, 4.69) is 5.32 Å². The van der Waals surface area contributed by atoms with E-state index in [-0.39, 0.29) is 12.8 Å². The summed E-state index contributed by atoms with van der Waals surface area (Å²) in [6.45, 7) is 4.92. The van der Waals surface area contributed by atoms with Gasteiger partial charge in [0.1, 0.15) is 11.4 Å². The van der Waals surface area contributed by atoms with Crippen molar-refractivity contribution >= 4 is 23.8 Å². The Morgan fingerprint density at radius 3 is 1.97 bits per heavy atom. The molecule has 0 radical (unpaired) electrons. The second-order valence-corrected chi connectivity index (χ2v) is 10.4. The largest absolute Gasteiger partial charge is 0.481 e. The van der Waals surface area contributed by atoms with Gasteiger partial charge in [0.25, 0.3) is 0 Å². The van der Waals surface area contributed by atoms with E-state index in [4.69, 9.17) is 4.74 Å². The summed E-state index contributed by atoms with van der Waals surface area (Å²) < 4.78 is 5.39. The van der Waals surface area contributed by atoms with E-state index in [0.29, 0.717) is 11.1 Å². The van der Waals surface area contributed by atoms with Crippen molar-refractivity contribution in [2.75, 3.05) is 0 Å². The molecule has 0 saturated heterocycles. The molecule has 2 fully saturated rings. The lowest BCUT2D eigenvalue weighted by Gasteiger charge is -2.41. The molecule has 0 spiro atoms. The maximum absolute atomic E-state index is 13.7. The minimum absolute atomic E-state index is 0.00853. The molecule has 3 N–H and O–H groups in total. The number of nitrogens with one attached hydrogen (secondary N) is 1. The lowest BCUT2D eigenvalue weighted by molar-refractivity contribution is -0.155. The molecular weight excluding hydrogens is 450 g/mol. The van der Waals surface area contributed by atoms with Crippen LogP contribution in [0.3, 0.4) is 0 Å². The number of carbonyl (C=O) groups is 4. The van der Waals surface area contributed by atoms with Crippen molar-refractivity contribution < 1.29 is 34.1 Å². The minimum atomic E-state index is -2.17. The van der Waals surface area contributed by atoms with Gasteiger partial charge in [-0.25, -0.2) is 9.59 Å². The third-order valence-corrected chi connectivity index (χ3v) is 7.16. The van der Waals surface area contributed by atoms with Crippen molar-refractivity contribution in [2.45, 2.75) is 44.8 Å². The molecule has 2 aromatic rings. The zero-order valence-corrected chi connectivity index (χ0v) is 19.9. The number of aliphatic carboxylic acids is 2. The van der Waals surface area contributed by atoms with Crippen molar-refractivity contribution in [1.82, 2.24) is 5.32 Å². The fourth-order valence-corrected chi connectivity index (χ4v) is 5.93. The van der Waals surface area contributed by atoms with E-state index in [1.807, 2.05) is 0 Å². The van der Waals surface area contributed by atoms with Gasteiger partial charge in [0.2, 0.25) is 0 Å². The van der Waals surface area contributed by atoms with E-state index in [9.17, 15) is 29.4 Å². The van der Waals surface area contributed by atoms with Crippen molar-refractivity contribution in [1.29, 1.82) is 0 Å². The van der Waals surface area contributed by atoms with Crippen LogP contribution in [0.5, 0.6) is 0 Å². The maximum Gasteiger partial charge on any atom is 0.408 e. The summed E-state index contributed by atoms with van der Waals surface area (Å²) in [5, 5.41) is 23.3. The first-order valence-electron chi connectivity index (χ1n) is 11.5. The number of benzene rings is 2. The monoisotopic (exact) mass is 479 g/mol. The zero-order chi connectivity index (χ0) is 25.6. The number of alkyl carbamates (subject to hydrolysis) is 1. The minimum Gasteiger partial charge on any atom is -0.481 e. The highest BCUT2D eigenvalue weighted by molar-refractivity contribution is 6.07. The Balaban J connectivity index is 1.88. The van der Waals surface area contributed by atoms with Gasteiger partial charge in [-0.1, -0.05) is 60.7 Å². The topological polar surface area (TPSA) is 130 Å². The van der Waals surface area contributed by atoms with Gasteiger partial charge in [0, 0.05) is 11.3 Å². The number of rotatable bonds is 7. The number of hydrogen-bond acceptors (Lipinski definition) is 5. The first-order chi connectivity index (χ1) is 16.4. The van der Waals surface area contributed by atoms with Crippen LogP contribution < -0.4 is 5.32 Å². The first kappa shape index (κ1) is 24.4. The molecular formula is C27H29NO7. The van der Waals surface area contributed by atoms with Crippen LogP contribution in [0.4, 0.5) is 4.79 Å². The summed E-state index contributed by atoms with van der Waals surface area (Å²) in [4.78, 5) is 52.2. The predicted molar refractivity (Wildman–Crippen MR) is 126 cm³/mol. The van der Waals surface area contributed by atoms with Crippen LogP contribution in [0, 0.1) is 23.2 Å². The Morgan fingerprint density at radius 1 is 0.943 bits per heavy atom. The number of carbonyl (C=O) groups excluding carboxylic acids is 2. The summed E-state index contributed by atoms with van der Waals surface area (Å²) in [6.07, 6.45) is -0.953. The van der Waals surface area contributed by atoms with Crippen LogP contribution in [-0.4, -0.2) is 45.2 Å². The van der Waals surface area contributed by atoms with E-state index in [0.717, 1.165) is 0 Å². The summed E-state index contributed by atoms with van der Waals surface area (Å²) >= 11 is 0. The lowest BCUT2D eigenvalue weighted by Crippen LogP contribution is -2.66. The molecule has 1 amide bonds. The first-order valence-corrected chi connectivity index (χ1v) is 11.5. The fraction of sp³-hybridized carbons (Fsp3) is 0.407. The Hall–Kier alpha value is -3.68. The van der Waals surface area contributed by atoms with E-state index in [1.165, 1.54) is 0 Å². The molecule has 184 valence electrons. The standard InChI is InChI=1S/C27H29NO7/c1-25(2,3)35-24(34)28-27(23(32)33)18(14-16-10-6-4-7-11-16)21(29)19-20(22(30)31)26(19,27)15-17-12-8-5-9-13-17/h4-13,18-20H,14-15H2,1-3H3,(H,28,34)(H,30,31)(H,32,33)/t18?,19-,20-,26-,27+/m0/s1. The van der Waals surface area contributed by atoms with Crippen molar-refractivity contribution in [3.05, 3.63) is 71.8 Å². The second-order valence-electron chi connectivity index (χ2n) is 10.4. The summed E-state index contributed by atoms with van der Waals surface area (Å²) in [5.41, 5.74) is -3.24. The van der Waals surface area contributed by atoms with E-state index < -0.39 is 58.1 Å². The molecule has 4 rings (SSSR count).